The molecule has 1 fully saturated rings. The van der Waals surface area contributed by atoms with Crippen LogP contribution in [-0.4, -0.2) is 61.2 Å². The fourth-order valence-corrected chi connectivity index (χ4v) is 5.95. The Kier molecular flexibility index (Phi) is 6.64. The fourth-order valence-electron chi connectivity index (χ4n) is 2.73. The van der Waals surface area contributed by atoms with Crippen molar-refractivity contribution in [2.45, 2.75) is 4.21 Å². The fraction of sp³-hybridized carbons (Fsp3) is 0.312. The van der Waals surface area contributed by atoms with E-state index >= 15 is 0 Å². The Morgan fingerprint density at radius 1 is 1.17 bits per heavy atom. The van der Waals surface area contributed by atoms with Crippen LogP contribution in [-0.2, 0) is 14.8 Å². The molecule has 1 saturated heterocycles. The lowest BCUT2D eigenvalue weighted by Crippen LogP contribution is -2.51. The molecular formula is C16H15Cl2N3O6S2. The van der Waals surface area contributed by atoms with Crippen LogP contribution in [0.15, 0.2) is 34.5 Å². The number of benzene rings is 1. The number of rotatable bonds is 6. The summed E-state index contributed by atoms with van der Waals surface area (Å²) in [4.78, 5) is 24.2. The molecule has 0 unspecified atom stereocenters. The van der Waals surface area contributed by atoms with E-state index in [0.29, 0.717) is 4.34 Å². The standard InChI is InChI=1S/C16H15Cl2N3O6S2/c17-11-1-2-13(12(9-11)21(23)24)27-10-15(22)19-5-7-20(8-6-19)29(25,26)16-4-3-14(18)28-16/h1-4,9H,5-8,10H2. The highest BCUT2D eigenvalue weighted by atomic mass is 35.5. The van der Waals surface area contributed by atoms with Gasteiger partial charge in [0.25, 0.3) is 15.9 Å². The van der Waals surface area contributed by atoms with E-state index < -0.39 is 27.5 Å². The van der Waals surface area contributed by atoms with Crippen LogP contribution in [0.3, 0.4) is 0 Å². The number of carbonyl (C=O) groups is 1. The summed E-state index contributed by atoms with van der Waals surface area (Å²) in [6, 6.07) is 6.86. The summed E-state index contributed by atoms with van der Waals surface area (Å²) >= 11 is 12.5. The van der Waals surface area contributed by atoms with E-state index in [-0.39, 0.29) is 46.8 Å². The van der Waals surface area contributed by atoms with E-state index in [1.54, 1.807) is 0 Å². The number of nitro benzene ring substituents is 1. The maximum absolute atomic E-state index is 12.6. The van der Waals surface area contributed by atoms with Crippen molar-refractivity contribution in [3.05, 3.63) is 49.8 Å². The van der Waals surface area contributed by atoms with Gasteiger partial charge in [-0.15, -0.1) is 11.3 Å². The Balaban J connectivity index is 1.58. The van der Waals surface area contributed by atoms with Gasteiger partial charge in [0.1, 0.15) is 4.21 Å². The molecular weight excluding hydrogens is 465 g/mol. The lowest BCUT2D eigenvalue weighted by Gasteiger charge is -2.33. The number of ether oxygens (including phenoxy) is 1. The number of hydrogen-bond donors (Lipinski definition) is 0. The van der Waals surface area contributed by atoms with Crippen LogP contribution in [0.25, 0.3) is 0 Å². The molecule has 1 amide bonds. The van der Waals surface area contributed by atoms with Crippen LogP contribution in [0, 0.1) is 10.1 Å². The molecule has 156 valence electrons. The van der Waals surface area contributed by atoms with Crippen molar-refractivity contribution < 1.29 is 22.9 Å². The molecule has 0 bridgehead atoms. The zero-order valence-electron chi connectivity index (χ0n) is 14.8. The van der Waals surface area contributed by atoms with Crippen molar-refractivity contribution in [1.82, 2.24) is 9.21 Å². The quantitative estimate of drug-likeness (QED) is 0.465. The number of nitrogens with zero attached hydrogens (tertiary/aromatic N) is 3. The monoisotopic (exact) mass is 479 g/mol. The average molecular weight is 480 g/mol. The Labute approximate surface area is 180 Å². The second kappa shape index (κ2) is 8.84. The third-order valence-electron chi connectivity index (χ3n) is 4.20. The number of carbonyl (C=O) groups excluding carboxylic acids is 1. The molecule has 3 rings (SSSR count). The van der Waals surface area contributed by atoms with Gasteiger partial charge in [-0.25, -0.2) is 8.42 Å². The Morgan fingerprint density at radius 2 is 1.86 bits per heavy atom. The third kappa shape index (κ3) is 4.98. The van der Waals surface area contributed by atoms with Crippen molar-refractivity contribution in [3.63, 3.8) is 0 Å². The molecule has 0 N–H and O–H groups in total. The molecule has 2 aromatic rings. The third-order valence-corrected chi connectivity index (χ3v) is 8.04. The van der Waals surface area contributed by atoms with E-state index in [2.05, 4.69) is 0 Å². The molecule has 0 aliphatic carbocycles. The number of nitro groups is 1. The number of amides is 1. The second-order valence-electron chi connectivity index (χ2n) is 6.00. The summed E-state index contributed by atoms with van der Waals surface area (Å²) < 4.78 is 32.3. The summed E-state index contributed by atoms with van der Waals surface area (Å²) in [5.41, 5.74) is -0.337. The molecule has 1 aromatic carbocycles. The first-order valence-electron chi connectivity index (χ1n) is 8.28. The highest BCUT2D eigenvalue weighted by Crippen LogP contribution is 2.30. The SMILES string of the molecule is O=C(COc1ccc(Cl)cc1[N+](=O)[O-])N1CCN(S(=O)(=O)c2ccc(Cl)s2)CC1. The minimum absolute atomic E-state index is 0.0662. The van der Waals surface area contributed by atoms with Crippen molar-refractivity contribution >= 4 is 56.2 Å². The predicted molar refractivity (Wildman–Crippen MR) is 108 cm³/mol. The number of hydrogen-bond acceptors (Lipinski definition) is 7. The van der Waals surface area contributed by atoms with E-state index in [1.807, 2.05) is 0 Å². The van der Waals surface area contributed by atoms with Gasteiger partial charge in [0.05, 0.1) is 9.26 Å². The van der Waals surface area contributed by atoms with Crippen molar-refractivity contribution in [2.75, 3.05) is 32.8 Å². The first-order valence-corrected chi connectivity index (χ1v) is 11.3. The molecule has 0 saturated carbocycles. The topological polar surface area (TPSA) is 110 Å². The van der Waals surface area contributed by atoms with E-state index in [9.17, 15) is 23.3 Å². The first kappa shape index (κ1) is 21.8. The van der Waals surface area contributed by atoms with Crippen molar-refractivity contribution in [2.24, 2.45) is 0 Å². The summed E-state index contributed by atoms with van der Waals surface area (Å²) in [5, 5.41) is 11.3. The average Bonchev–Trinajstić information content (AvgIpc) is 3.14. The lowest BCUT2D eigenvalue weighted by molar-refractivity contribution is -0.385. The van der Waals surface area contributed by atoms with Crippen molar-refractivity contribution in [1.29, 1.82) is 0 Å². The smallest absolute Gasteiger partial charge is 0.312 e. The molecule has 29 heavy (non-hydrogen) atoms. The summed E-state index contributed by atoms with van der Waals surface area (Å²) in [5.74, 6) is -0.464. The zero-order chi connectivity index (χ0) is 21.2. The largest absolute Gasteiger partial charge is 0.477 e. The summed E-state index contributed by atoms with van der Waals surface area (Å²) in [6.07, 6.45) is 0. The van der Waals surface area contributed by atoms with E-state index in [4.69, 9.17) is 27.9 Å². The Hall–Kier alpha value is -1.92. The maximum Gasteiger partial charge on any atom is 0.312 e. The predicted octanol–water partition coefficient (Wildman–Crippen LogP) is 2.88. The molecule has 0 atom stereocenters. The van der Waals surface area contributed by atoms with Crippen LogP contribution in [0.1, 0.15) is 0 Å². The Morgan fingerprint density at radius 3 is 2.45 bits per heavy atom. The molecule has 2 heterocycles. The molecule has 9 nitrogen and oxygen atoms in total. The highest BCUT2D eigenvalue weighted by molar-refractivity contribution is 7.91. The normalized spacial score (nSPS) is 15.3. The summed E-state index contributed by atoms with van der Waals surface area (Å²) in [6.45, 7) is 0.220. The summed E-state index contributed by atoms with van der Waals surface area (Å²) in [7, 11) is -3.65. The van der Waals surface area contributed by atoms with Crippen LogP contribution >= 0.6 is 34.5 Å². The number of piperazine rings is 1. The van der Waals surface area contributed by atoms with Crippen LogP contribution in [0.5, 0.6) is 5.75 Å². The molecule has 1 aliphatic rings. The molecule has 1 aliphatic heterocycles. The highest BCUT2D eigenvalue weighted by Gasteiger charge is 2.31. The Bertz CT molecular complexity index is 1040. The van der Waals surface area contributed by atoms with Crippen LogP contribution in [0.2, 0.25) is 9.36 Å². The van der Waals surface area contributed by atoms with Crippen LogP contribution < -0.4 is 4.74 Å². The first-order chi connectivity index (χ1) is 13.7. The van der Waals surface area contributed by atoms with Gasteiger partial charge in [0, 0.05) is 37.3 Å². The van der Waals surface area contributed by atoms with E-state index in [1.165, 1.54) is 33.5 Å². The number of halogens is 2. The lowest BCUT2D eigenvalue weighted by atomic mass is 10.3. The van der Waals surface area contributed by atoms with Gasteiger partial charge >= 0.3 is 5.69 Å². The molecule has 0 radical (unpaired) electrons. The molecule has 0 spiro atoms. The van der Waals surface area contributed by atoms with Gasteiger partial charge in [0.2, 0.25) is 0 Å². The minimum Gasteiger partial charge on any atom is -0.477 e. The van der Waals surface area contributed by atoms with Gasteiger partial charge < -0.3 is 9.64 Å². The van der Waals surface area contributed by atoms with Gasteiger partial charge in [-0.2, -0.15) is 4.31 Å². The maximum atomic E-state index is 12.6. The van der Waals surface area contributed by atoms with Crippen LogP contribution in [0.4, 0.5) is 5.69 Å². The minimum atomic E-state index is -3.65. The van der Waals surface area contributed by atoms with E-state index in [0.717, 1.165) is 17.4 Å². The number of thiophene rings is 1. The molecule has 1 aromatic heterocycles. The second-order valence-corrected chi connectivity index (χ2v) is 10.3. The zero-order valence-corrected chi connectivity index (χ0v) is 17.9. The molecule has 13 heteroatoms. The number of sulfonamides is 1. The van der Waals surface area contributed by atoms with Crippen molar-refractivity contribution in [3.8, 4) is 5.75 Å². The van der Waals surface area contributed by atoms with Gasteiger partial charge in [-0.05, 0) is 24.3 Å². The van der Waals surface area contributed by atoms with Gasteiger partial charge in [0.15, 0.2) is 12.4 Å². The van der Waals surface area contributed by atoms with Gasteiger partial charge in [-0.3, -0.25) is 14.9 Å². The van der Waals surface area contributed by atoms with Gasteiger partial charge in [-0.1, -0.05) is 23.2 Å².